The van der Waals surface area contributed by atoms with Crippen molar-refractivity contribution < 1.29 is 18.0 Å². The van der Waals surface area contributed by atoms with Crippen LogP contribution in [0.3, 0.4) is 0 Å². The first-order valence-electron chi connectivity index (χ1n) is 4.39. The first kappa shape index (κ1) is 13.0. The minimum Gasteiger partial charge on any atom is -0.325 e. The van der Waals surface area contributed by atoms with Crippen LogP contribution in [0.1, 0.15) is 11.1 Å². The number of rotatable bonds is 2. The molecule has 0 radical (unpaired) electrons. The summed E-state index contributed by atoms with van der Waals surface area (Å²) in [6, 6.07) is 3.68. The van der Waals surface area contributed by atoms with Crippen molar-refractivity contribution in [3.63, 3.8) is 0 Å². The molecule has 0 heterocycles. The van der Waals surface area contributed by atoms with Gasteiger partial charge < -0.3 is 5.32 Å². The zero-order valence-corrected chi connectivity index (χ0v) is 9.95. The molecule has 0 aliphatic rings. The number of anilines is 1. The molecule has 1 aromatic rings. The van der Waals surface area contributed by atoms with E-state index in [0.29, 0.717) is 0 Å². The zero-order valence-electron chi connectivity index (χ0n) is 8.36. The second kappa shape index (κ2) is 4.86. The van der Waals surface area contributed by atoms with Gasteiger partial charge in [0.25, 0.3) is 0 Å². The van der Waals surface area contributed by atoms with Crippen LogP contribution in [0.5, 0.6) is 0 Å². The van der Waals surface area contributed by atoms with Crippen LogP contribution >= 0.6 is 15.9 Å². The minimum absolute atomic E-state index is 0.0179. The maximum Gasteiger partial charge on any atom is 0.416 e. The molecule has 0 bridgehead atoms. The number of hydrogen-bond donors (Lipinski definition) is 1. The standard InChI is InChI=1S/C10H9BrF3NO/c1-6-7(10(12,13)14)3-2-4-8(6)15-9(16)5-11/h2-4H,5H2,1H3,(H,15,16). The van der Waals surface area contributed by atoms with Crippen LogP contribution in [0.2, 0.25) is 0 Å². The van der Waals surface area contributed by atoms with E-state index < -0.39 is 11.7 Å². The first-order valence-corrected chi connectivity index (χ1v) is 5.51. The van der Waals surface area contributed by atoms with E-state index in [1.807, 2.05) is 0 Å². The Bertz CT molecular complexity index is 404. The van der Waals surface area contributed by atoms with Crippen molar-refractivity contribution >= 4 is 27.5 Å². The number of carbonyl (C=O) groups is 1. The third-order valence-electron chi connectivity index (χ3n) is 2.03. The van der Waals surface area contributed by atoms with Gasteiger partial charge in [-0.3, -0.25) is 4.79 Å². The third-order valence-corrected chi connectivity index (χ3v) is 2.54. The molecule has 0 unspecified atom stereocenters. The molecule has 2 nitrogen and oxygen atoms in total. The van der Waals surface area contributed by atoms with Gasteiger partial charge in [-0.2, -0.15) is 13.2 Å². The molecule has 0 saturated carbocycles. The van der Waals surface area contributed by atoms with Crippen LogP contribution in [0.25, 0.3) is 0 Å². The van der Waals surface area contributed by atoms with Crippen LogP contribution < -0.4 is 5.32 Å². The van der Waals surface area contributed by atoms with Crippen molar-refractivity contribution in [2.24, 2.45) is 0 Å². The second-order valence-corrected chi connectivity index (χ2v) is 3.72. The Balaban J connectivity index is 3.09. The lowest BCUT2D eigenvalue weighted by Crippen LogP contribution is -2.15. The van der Waals surface area contributed by atoms with Crippen LogP contribution in [0, 0.1) is 6.92 Å². The Hall–Kier alpha value is -1.04. The van der Waals surface area contributed by atoms with E-state index in [-0.39, 0.29) is 22.5 Å². The molecular formula is C10H9BrF3NO. The summed E-state index contributed by atoms with van der Waals surface area (Å²) >= 11 is 2.92. The van der Waals surface area contributed by atoms with Crippen molar-refractivity contribution in [1.29, 1.82) is 0 Å². The van der Waals surface area contributed by atoms with Gasteiger partial charge in [0.15, 0.2) is 0 Å². The lowest BCUT2D eigenvalue weighted by molar-refractivity contribution is -0.138. The molecule has 0 aliphatic heterocycles. The van der Waals surface area contributed by atoms with Gasteiger partial charge in [0.05, 0.1) is 10.9 Å². The lowest BCUT2D eigenvalue weighted by atomic mass is 10.1. The van der Waals surface area contributed by atoms with Gasteiger partial charge in [0.2, 0.25) is 5.91 Å². The van der Waals surface area contributed by atoms with Gasteiger partial charge in [-0.15, -0.1) is 0 Å². The third kappa shape index (κ3) is 2.98. The molecule has 1 aromatic carbocycles. The van der Waals surface area contributed by atoms with E-state index in [9.17, 15) is 18.0 Å². The Morgan fingerprint density at radius 3 is 2.56 bits per heavy atom. The zero-order chi connectivity index (χ0) is 12.3. The SMILES string of the molecule is Cc1c(NC(=O)CBr)cccc1C(F)(F)F. The van der Waals surface area contributed by atoms with Crippen molar-refractivity contribution in [3.05, 3.63) is 29.3 Å². The van der Waals surface area contributed by atoms with Gasteiger partial charge in [0, 0.05) is 5.69 Å². The maximum atomic E-state index is 12.5. The summed E-state index contributed by atoms with van der Waals surface area (Å²) in [4.78, 5) is 11.1. The molecule has 1 N–H and O–H groups in total. The normalized spacial score (nSPS) is 11.3. The topological polar surface area (TPSA) is 29.1 Å². The fourth-order valence-corrected chi connectivity index (χ4v) is 1.40. The highest BCUT2D eigenvalue weighted by molar-refractivity contribution is 9.09. The monoisotopic (exact) mass is 295 g/mol. The van der Waals surface area contributed by atoms with Crippen molar-refractivity contribution in [2.45, 2.75) is 13.1 Å². The van der Waals surface area contributed by atoms with E-state index in [0.717, 1.165) is 6.07 Å². The van der Waals surface area contributed by atoms with Gasteiger partial charge in [-0.05, 0) is 24.6 Å². The Kier molecular flexibility index (Phi) is 3.96. The summed E-state index contributed by atoms with van der Waals surface area (Å²) < 4.78 is 37.6. The fraction of sp³-hybridized carbons (Fsp3) is 0.300. The highest BCUT2D eigenvalue weighted by Crippen LogP contribution is 2.34. The van der Waals surface area contributed by atoms with E-state index in [4.69, 9.17) is 0 Å². The quantitative estimate of drug-likeness (QED) is 0.833. The first-order chi connectivity index (χ1) is 7.36. The summed E-state index contributed by atoms with van der Waals surface area (Å²) in [6.07, 6.45) is -4.40. The average Bonchev–Trinajstić information content (AvgIpc) is 2.19. The van der Waals surface area contributed by atoms with Gasteiger partial charge in [-0.1, -0.05) is 22.0 Å². The molecule has 0 spiro atoms. The summed E-state index contributed by atoms with van der Waals surface area (Å²) in [5.74, 6) is -0.387. The molecule has 6 heteroatoms. The summed E-state index contributed by atoms with van der Waals surface area (Å²) in [6.45, 7) is 1.33. The smallest absolute Gasteiger partial charge is 0.325 e. The van der Waals surface area contributed by atoms with Crippen LogP contribution in [0.4, 0.5) is 18.9 Å². The molecule has 0 aromatic heterocycles. The van der Waals surface area contributed by atoms with Crippen molar-refractivity contribution in [3.8, 4) is 0 Å². The highest BCUT2D eigenvalue weighted by atomic mass is 79.9. The summed E-state index contributed by atoms with van der Waals surface area (Å²) in [5, 5.41) is 2.43. The highest BCUT2D eigenvalue weighted by Gasteiger charge is 2.32. The lowest BCUT2D eigenvalue weighted by Gasteiger charge is -2.14. The minimum atomic E-state index is -4.40. The second-order valence-electron chi connectivity index (χ2n) is 3.16. The van der Waals surface area contributed by atoms with Gasteiger partial charge in [0.1, 0.15) is 0 Å². The molecule has 16 heavy (non-hydrogen) atoms. The number of halogens is 4. The van der Waals surface area contributed by atoms with E-state index in [1.54, 1.807) is 0 Å². The maximum absolute atomic E-state index is 12.5. The van der Waals surface area contributed by atoms with Crippen molar-refractivity contribution in [1.82, 2.24) is 0 Å². The van der Waals surface area contributed by atoms with Crippen LogP contribution in [0.15, 0.2) is 18.2 Å². The number of nitrogens with one attached hydrogen (secondary N) is 1. The Labute approximate surface area is 99.0 Å². The molecule has 1 rings (SSSR count). The van der Waals surface area contributed by atoms with Crippen LogP contribution in [-0.2, 0) is 11.0 Å². The molecule has 88 valence electrons. The van der Waals surface area contributed by atoms with E-state index in [1.165, 1.54) is 19.1 Å². The number of alkyl halides is 4. The summed E-state index contributed by atoms with van der Waals surface area (Å²) in [7, 11) is 0. The molecule has 1 amide bonds. The molecule has 0 fully saturated rings. The predicted molar refractivity (Wildman–Crippen MR) is 58.6 cm³/mol. The van der Waals surface area contributed by atoms with Gasteiger partial charge in [-0.25, -0.2) is 0 Å². The fourth-order valence-electron chi connectivity index (χ4n) is 1.26. The average molecular weight is 296 g/mol. The molecule has 0 saturated heterocycles. The van der Waals surface area contributed by atoms with Crippen LogP contribution in [-0.4, -0.2) is 11.2 Å². The molecule has 0 aliphatic carbocycles. The number of carbonyl (C=O) groups excluding carboxylic acids is 1. The number of benzene rings is 1. The largest absolute Gasteiger partial charge is 0.416 e. The predicted octanol–water partition coefficient (Wildman–Crippen LogP) is 3.35. The van der Waals surface area contributed by atoms with E-state index >= 15 is 0 Å². The number of hydrogen-bond acceptors (Lipinski definition) is 1. The Morgan fingerprint density at radius 2 is 2.06 bits per heavy atom. The summed E-state index contributed by atoms with van der Waals surface area (Å²) in [5.41, 5.74) is -0.538. The number of amides is 1. The van der Waals surface area contributed by atoms with Gasteiger partial charge >= 0.3 is 6.18 Å². The molecule has 0 atom stereocenters. The Morgan fingerprint density at radius 1 is 1.44 bits per heavy atom. The van der Waals surface area contributed by atoms with Crippen molar-refractivity contribution in [2.75, 3.05) is 10.6 Å². The van der Waals surface area contributed by atoms with E-state index in [2.05, 4.69) is 21.2 Å². The molecular weight excluding hydrogens is 287 g/mol.